The van der Waals surface area contributed by atoms with E-state index >= 15 is 0 Å². The fraction of sp³-hybridized carbons (Fsp3) is 0.429. The largest absolute Gasteiger partial charge is 0.394 e. The van der Waals surface area contributed by atoms with Gasteiger partial charge in [0.25, 0.3) is 0 Å². The monoisotopic (exact) mass is 484 g/mol. The van der Waals surface area contributed by atoms with Gasteiger partial charge >= 0.3 is 11.9 Å². The van der Waals surface area contributed by atoms with Crippen LogP contribution in [0.3, 0.4) is 0 Å². The number of aliphatic hydroxyl groups is 2. The molecule has 7 nitrogen and oxygen atoms in total. The quantitative estimate of drug-likeness (QED) is 0.253. The van der Waals surface area contributed by atoms with Crippen LogP contribution < -0.4 is 0 Å². The van der Waals surface area contributed by atoms with Gasteiger partial charge in [-0.2, -0.15) is 0 Å². The van der Waals surface area contributed by atoms with Crippen molar-refractivity contribution in [3.8, 4) is 0 Å². The van der Waals surface area contributed by atoms with Crippen LogP contribution in [0.1, 0.15) is 18.4 Å². The number of aliphatic hydroxyl groups excluding tert-OH is 2. The summed E-state index contributed by atoms with van der Waals surface area (Å²) in [6, 6.07) is 10.0. The fourth-order valence-corrected chi connectivity index (χ4v) is 4.32. The predicted octanol–water partition coefficient (Wildman–Crippen LogP) is 3.34. The number of cyclic esters (lactones) is 2. The standard InChI is InChI=1S/C10H12.C8H8.C6H14O4.C4H2O3/c1-2-9-7-4-5-8(6-7)10(9)3-1;1-2-8-6-4-3-5-7-8;7-1-3-9-5-6-10-4-2-8;5-3-1-2-4(6)7-3/h1-2,4-5,7-10H,3,6H2;2-7H,1H2;7-8H,1-6H2;1-2H. The van der Waals surface area contributed by atoms with E-state index in [-0.39, 0.29) is 13.2 Å². The summed E-state index contributed by atoms with van der Waals surface area (Å²) < 4.78 is 13.7. The van der Waals surface area contributed by atoms with Crippen molar-refractivity contribution in [1.82, 2.24) is 0 Å². The number of carbonyl (C=O) groups is 2. The van der Waals surface area contributed by atoms with Gasteiger partial charge in [0, 0.05) is 12.2 Å². The first-order valence-corrected chi connectivity index (χ1v) is 11.9. The van der Waals surface area contributed by atoms with Gasteiger partial charge in [-0.3, -0.25) is 0 Å². The van der Waals surface area contributed by atoms with Crippen LogP contribution in [-0.4, -0.2) is 61.8 Å². The summed E-state index contributed by atoms with van der Waals surface area (Å²) in [5.74, 6) is 2.67. The predicted molar refractivity (Wildman–Crippen MR) is 134 cm³/mol. The summed E-state index contributed by atoms with van der Waals surface area (Å²) in [6.45, 7) is 5.36. The van der Waals surface area contributed by atoms with Crippen LogP contribution in [0.2, 0.25) is 0 Å². The third kappa shape index (κ3) is 10.5. The molecule has 0 spiro atoms. The molecule has 3 aliphatic carbocycles. The van der Waals surface area contributed by atoms with Gasteiger partial charge in [-0.15, -0.1) is 0 Å². The van der Waals surface area contributed by atoms with Crippen LogP contribution in [-0.2, 0) is 23.8 Å². The second-order valence-electron chi connectivity index (χ2n) is 8.21. The van der Waals surface area contributed by atoms with Gasteiger partial charge in [0.05, 0.1) is 39.6 Å². The molecule has 5 rings (SSSR count). The lowest BCUT2D eigenvalue weighted by Crippen LogP contribution is -2.12. The molecule has 1 aromatic rings. The maximum atomic E-state index is 9.92. The SMILES string of the molecule is C1=CC2C3C=CC(C3)C2C1.C=Cc1ccccc1.O=C1C=CC(=O)O1.OCCOCCOCCO. The van der Waals surface area contributed by atoms with Gasteiger partial charge in [-0.1, -0.05) is 67.3 Å². The molecule has 2 N–H and O–H groups in total. The highest BCUT2D eigenvalue weighted by atomic mass is 16.6. The van der Waals surface area contributed by atoms with Crippen molar-refractivity contribution in [3.05, 3.63) is 78.9 Å². The lowest BCUT2D eigenvalue weighted by molar-refractivity contribution is -0.150. The Kier molecular flexibility index (Phi) is 13.6. The van der Waals surface area contributed by atoms with E-state index in [1.165, 1.54) is 18.4 Å². The lowest BCUT2D eigenvalue weighted by Gasteiger charge is -2.18. The van der Waals surface area contributed by atoms with Crippen LogP contribution in [0.4, 0.5) is 0 Å². The van der Waals surface area contributed by atoms with Crippen molar-refractivity contribution in [2.75, 3.05) is 39.6 Å². The Bertz CT molecular complexity index is 835. The molecule has 1 heterocycles. The summed E-state index contributed by atoms with van der Waals surface area (Å²) >= 11 is 0. The van der Waals surface area contributed by atoms with Crippen molar-refractivity contribution >= 4 is 18.0 Å². The minimum Gasteiger partial charge on any atom is -0.394 e. The highest BCUT2D eigenvalue weighted by Crippen LogP contribution is 2.52. The van der Waals surface area contributed by atoms with Crippen LogP contribution in [0, 0.1) is 23.7 Å². The zero-order valence-corrected chi connectivity index (χ0v) is 20.0. The Morgan fingerprint density at radius 3 is 1.94 bits per heavy atom. The van der Waals surface area contributed by atoms with E-state index in [0.717, 1.165) is 35.8 Å². The maximum absolute atomic E-state index is 9.92. The number of rotatable bonds is 8. The number of allylic oxidation sites excluding steroid dienone is 4. The molecule has 4 unspecified atom stereocenters. The number of benzene rings is 1. The molecule has 1 aliphatic heterocycles. The second-order valence-corrected chi connectivity index (χ2v) is 8.21. The number of hydrogen-bond donors (Lipinski definition) is 2. The van der Waals surface area contributed by atoms with E-state index in [4.69, 9.17) is 19.7 Å². The van der Waals surface area contributed by atoms with Crippen molar-refractivity contribution in [1.29, 1.82) is 0 Å². The van der Waals surface area contributed by atoms with Crippen LogP contribution in [0.15, 0.2) is 73.4 Å². The van der Waals surface area contributed by atoms with E-state index < -0.39 is 11.9 Å². The zero-order valence-electron chi connectivity index (χ0n) is 20.0. The molecule has 1 saturated carbocycles. The molecule has 1 aromatic carbocycles. The van der Waals surface area contributed by atoms with Crippen molar-refractivity contribution in [2.24, 2.45) is 23.7 Å². The van der Waals surface area contributed by atoms with E-state index in [1.54, 1.807) is 0 Å². The van der Waals surface area contributed by atoms with Crippen molar-refractivity contribution < 1.29 is 34.0 Å². The van der Waals surface area contributed by atoms with Gasteiger partial charge in [0.2, 0.25) is 0 Å². The van der Waals surface area contributed by atoms with Gasteiger partial charge in [0.15, 0.2) is 0 Å². The summed E-state index contributed by atoms with van der Waals surface area (Å²) in [5.41, 5.74) is 1.17. The third-order valence-corrected chi connectivity index (χ3v) is 5.89. The van der Waals surface area contributed by atoms with Crippen LogP contribution in [0.25, 0.3) is 6.08 Å². The van der Waals surface area contributed by atoms with Gasteiger partial charge in [-0.05, 0) is 42.1 Å². The molecule has 7 heteroatoms. The van der Waals surface area contributed by atoms with Gasteiger partial charge in [0.1, 0.15) is 0 Å². The summed E-state index contributed by atoms with van der Waals surface area (Å²) in [4.78, 5) is 19.8. The number of fused-ring (bicyclic) bond motifs is 5. The number of carbonyl (C=O) groups excluding carboxylic acids is 2. The van der Waals surface area contributed by atoms with Gasteiger partial charge in [-0.25, -0.2) is 9.59 Å². The average molecular weight is 485 g/mol. The Hall–Kier alpha value is -2.84. The normalized spacial score (nSPS) is 23.9. The minimum absolute atomic E-state index is 0.0417. The third-order valence-electron chi connectivity index (χ3n) is 5.89. The topological polar surface area (TPSA) is 102 Å². The molecule has 1 fully saturated rings. The highest BCUT2D eigenvalue weighted by molar-refractivity contribution is 6.04. The Balaban J connectivity index is 0.000000166. The van der Waals surface area contributed by atoms with Gasteiger partial charge < -0.3 is 24.4 Å². The Morgan fingerprint density at radius 2 is 1.49 bits per heavy atom. The first-order chi connectivity index (χ1) is 17.1. The van der Waals surface area contributed by atoms with Crippen LogP contribution in [0.5, 0.6) is 0 Å². The average Bonchev–Trinajstić information content (AvgIpc) is 3.67. The van der Waals surface area contributed by atoms with Crippen LogP contribution >= 0.6 is 0 Å². The summed E-state index contributed by atoms with van der Waals surface area (Å²) in [7, 11) is 0. The number of hydrogen-bond acceptors (Lipinski definition) is 7. The molecule has 0 aromatic heterocycles. The summed E-state index contributed by atoms with van der Waals surface area (Å²) in [5, 5.41) is 16.5. The van der Waals surface area contributed by atoms with E-state index in [0.29, 0.717) is 26.4 Å². The number of ether oxygens (including phenoxy) is 3. The maximum Gasteiger partial charge on any atom is 0.338 e. The Morgan fingerprint density at radius 1 is 0.886 bits per heavy atom. The molecule has 0 amide bonds. The summed E-state index contributed by atoms with van der Waals surface area (Å²) in [6.07, 6.45) is 16.5. The van der Waals surface area contributed by atoms with E-state index in [2.05, 4.69) is 35.6 Å². The molecule has 35 heavy (non-hydrogen) atoms. The second kappa shape index (κ2) is 16.7. The van der Waals surface area contributed by atoms with Crippen molar-refractivity contribution in [2.45, 2.75) is 12.8 Å². The number of esters is 2. The molecule has 0 radical (unpaired) electrons. The first-order valence-electron chi connectivity index (χ1n) is 11.9. The molecule has 190 valence electrons. The van der Waals surface area contributed by atoms with E-state index in [1.807, 2.05) is 36.4 Å². The lowest BCUT2D eigenvalue weighted by atomic mass is 9.86. The molecule has 4 atom stereocenters. The molecular weight excluding hydrogens is 448 g/mol. The Labute approximate surface area is 207 Å². The van der Waals surface area contributed by atoms with E-state index in [9.17, 15) is 9.59 Å². The van der Waals surface area contributed by atoms with Crippen molar-refractivity contribution in [3.63, 3.8) is 0 Å². The fourth-order valence-electron chi connectivity index (χ4n) is 4.32. The zero-order chi connectivity index (χ0) is 25.3. The molecular formula is C28H36O7. The molecule has 2 bridgehead atoms. The first kappa shape index (κ1) is 28.4. The minimum atomic E-state index is -0.579. The highest BCUT2D eigenvalue weighted by Gasteiger charge is 2.44. The molecule has 4 aliphatic rings. The smallest absolute Gasteiger partial charge is 0.338 e. The molecule has 0 saturated heterocycles.